The van der Waals surface area contributed by atoms with E-state index >= 15 is 0 Å². The maximum atomic E-state index is 9.10. The molecule has 2 aromatic rings. The number of ether oxygens (including phenoxy) is 1. The van der Waals surface area contributed by atoms with E-state index in [0.717, 1.165) is 19.5 Å². The number of hydrogen-bond acceptors (Lipinski definition) is 5. The number of benzene rings is 1. The van der Waals surface area contributed by atoms with Crippen molar-refractivity contribution >= 4 is 11.9 Å². The van der Waals surface area contributed by atoms with Gasteiger partial charge in [-0.15, -0.1) is 0 Å². The van der Waals surface area contributed by atoms with Gasteiger partial charge < -0.3 is 14.9 Å². The molecule has 8 nitrogen and oxygen atoms in total. The molecule has 1 saturated heterocycles. The molecule has 0 spiro atoms. The van der Waals surface area contributed by atoms with Crippen molar-refractivity contribution < 1.29 is 24.5 Å². The molecule has 1 aromatic carbocycles. The first-order chi connectivity index (χ1) is 14.8. The fourth-order valence-corrected chi connectivity index (χ4v) is 4.55. The van der Waals surface area contributed by atoms with Crippen LogP contribution >= 0.6 is 0 Å². The highest BCUT2D eigenvalue weighted by Gasteiger charge is 2.27. The molecule has 2 aliphatic rings. The van der Waals surface area contributed by atoms with Crippen LogP contribution in [0.15, 0.2) is 36.5 Å². The lowest BCUT2D eigenvalue weighted by Crippen LogP contribution is -2.45. The summed E-state index contributed by atoms with van der Waals surface area (Å²) in [6.07, 6.45) is 7.77. The Bertz CT molecular complexity index is 861. The quantitative estimate of drug-likeness (QED) is 0.720. The van der Waals surface area contributed by atoms with Crippen LogP contribution in [0.25, 0.3) is 5.69 Å². The van der Waals surface area contributed by atoms with Crippen LogP contribution in [0, 0.1) is 0 Å². The first-order valence-corrected chi connectivity index (χ1v) is 10.8. The zero-order valence-electron chi connectivity index (χ0n) is 18.1. The van der Waals surface area contributed by atoms with Crippen molar-refractivity contribution in [3.63, 3.8) is 0 Å². The van der Waals surface area contributed by atoms with Crippen LogP contribution in [0.5, 0.6) is 0 Å². The van der Waals surface area contributed by atoms with Gasteiger partial charge in [-0.3, -0.25) is 4.90 Å². The molecule has 168 valence electrons. The number of rotatable bonds is 4. The van der Waals surface area contributed by atoms with Crippen molar-refractivity contribution in [2.75, 3.05) is 19.6 Å². The summed E-state index contributed by atoms with van der Waals surface area (Å²) in [5.74, 6) is -3.00. The first kappa shape index (κ1) is 23.0. The maximum absolute atomic E-state index is 9.10. The van der Waals surface area contributed by atoms with Gasteiger partial charge in [0.1, 0.15) is 0 Å². The normalized spacial score (nSPS) is 23.4. The SMILES string of the molecule is CC1CN(CCC2CCCc3c2cnn3-c2ccccc2)CC(C)O1.O=C(O)C(=O)O. The van der Waals surface area contributed by atoms with Gasteiger partial charge in [0.25, 0.3) is 0 Å². The van der Waals surface area contributed by atoms with E-state index in [4.69, 9.17) is 29.6 Å². The summed E-state index contributed by atoms with van der Waals surface area (Å²) in [5.41, 5.74) is 4.08. The third kappa shape index (κ3) is 6.15. The van der Waals surface area contributed by atoms with Gasteiger partial charge in [-0.25, -0.2) is 14.3 Å². The minimum Gasteiger partial charge on any atom is -0.473 e. The van der Waals surface area contributed by atoms with Gasteiger partial charge in [-0.05, 0) is 69.7 Å². The van der Waals surface area contributed by atoms with Crippen molar-refractivity contribution in [1.29, 1.82) is 0 Å². The Balaban J connectivity index is 0.000000401. The van der Waals surface area contributed by atoms with Gasteiger partial charge in [-0.2, -0.15) is 5.10 Å². The Hall–Kier alpha value is -2.71. The number of carboxylic acids is 2. The van der Waals surface area contributed by atoms with E-state index in [0.29, 0.717) is 18.1 Å². The maximum Gasteiger partial charge on any atom is 0.414 e. The second-order valence-electron chi connectivity index (χ2n) is 8.30. The molecule has 2 N–H and O–H groups in total. The predicted octanol–water partition coefficient (Wildman–Crippen LogP) is 2.95. The second kappa shape index (κ2) is 10.5. The van der Waals surface area contributed by atoms with E-state index in [9.17, 15) is 0 Å². The molecular weight excluding hydrogens is 398 g/mol. The third-order valence-corrected chi connectivity index (χ3v) is 5.78. The smallest absolute Gasteiger partial charge is 0.414 e. The standard InChI is InChI=1S/C21H29N3O.C2H2O4/c1-16-14-23(15-17(2)25-16)12-11-18-7-6-10-21-20(18)13-22-24(21)19-8-4-3-5-9-19;3-1(4)2(5)6/h3-5,8-9,13,16-18H,6-7,10-12,14-15H2,1-2H3;(H,3,4)(H,5,6). The van der Waals surface area contributed by atoms with Crippen molar-refractivity contribution in [2.45, 2.75) is 57.7 Å². The lowest BCUT2D eigenvalue weighted by molar-refractivity contribution is -0.159. The summed E-state index contributed by atoms with van der Waals surface area (Å²) >= 11 is 0. The molecule has 0 bridgehead atoms. The zero-order chi connectivity index (χ0) is 22.4. The van der Waals surface area contributed by atoms with E-state index in [1.165, 1.54) is 42.8 Å². The molecule has 1 aliphatic carbocycles. The van der Waals surface area contributed by atoms with Crippen molar-refractivity contribution in [3.05, 3.63) is 47.8 Å². The van der Waals surface area contributed by atoms with E-state index in [2.05, 4.69) is 60.0 Å². The molecule has 0 radical (unpaired) electrons. The molecule has 3 unspecified atom stereocenters. The van der Waals surface area contributed by atoms with Crippen LogP contribution in [0.1, 0.15) is 50.3 Å². The Morgan fingerprint density at radius 3 is 2.35 bits per heavy atom. The molecule has 1 fully saturated rings. The highest BCUT2D eigenvalue weighted by molar-refractivity contribution is 6.27. The van der Waals surface area contributed by atoms with Gasteiger partial charge in [0.05, 0.1) is 24.1 Å². The Labute approximate surface area is 182 Å². The number of nitrogens with zero attached hydrogens (tertiary/aromatic N) is 3. The van der Waals surface area contributed by atoms with E-state index in [1.807, 2.05) is 0 Å². The minimum absolute atomic E-state index is 0.353. The molecule has 1 aliphatic heterocycles. The number of fused-ring (bicyclic) bond motifs is 1. The largest absolute Gasteiger partial charge is 0.473 e. The molecule has 8 heteroatoms. The van der Waals surface area contributed by atoms with Crippen molar-refractivity contribution in [1.82, 2.24) is 14.7 Å². The molecule has 0 saturated carbocycles. The van der Waals surface area contributed by atoms with Crippen LogP contribution in [-0.4, -0.2) is 68.7 Å². The van der Waals surface area contributed by atoms with Gasteiger partial charge in [0.2, 0.25) is 0 Å². The predicted molar refractivity (Wildman–Crippen MR) is 116 cm³/mol. The first-order valence-electron chi connectivity index (χ1n) is 10.8. The van der Waals surface area contributed by atoms with E-state index in [1.54, 1.807) is 0 Å². The fourth-order valence-electron chi connectivity index (χ4n) is 4.55. The number of para-hydroxylation sites is 1. The number of carboxylic acid groups (broad SMARTS) is 2. The summed E-state index contributed by atoms with van der Waals surface area (Å²) in [7, 11) is 0. The van der Waals surface area contributed by atoms with Gasteiger partial charge >= 0.3 is 11.9 Å². The molecule has 1 aromatic heterocycles. The number of morpholine rings is 1. The number of carbonyl (C=O) groups is 2. The average Bonchev–Trinajstić information content (AvgIpc) is 3.17. The van der Waals surface area contributed by atoms with Crippen molar-refractivity contribution in [2.24, 2.45) is 0 Å². The molecular formula is C23H31N3O5. The molecule has 0 amide bonds. The highest BCUT2D eigenvalue weighted by Crippen LogP contribution is 2.35. The van der Waals surface area contributed by atoms with Gasteiger partial charge in [0.15, 0.2) is 0 Å². The second-order valence-corrected chi connectivity index (χ2v) is 8.30. The summed E-state index contributed by atoms with van der Waals surface area (Å²) in [6, 6.07) is 10.5. The topological polar surface area (TPSA) is 105 Å². The van der Waals surface area contributed by atoms with E-state index < -0.39 is 11.9 Å². The monoisotopic (exact) mass is 429 g/mol. The summed E-state index contributed by atoms with van der Waals surface area (Å²) in [5, 5.41) is 19.5. The van der Waals surface area contributed by atoms with Gasteiger partial charge in [0, 0.05) is 18.8 Å². The lowest BCUT2D eigenvalue weighted by Gasteiger charge is -2.36. The Kier molecular flexibility index (Phi) is 7.81. The third-order valence-electron chi connectivity index (χ3n) is 5.78. The number of aromatic nitrogens is 2. The molecule has 3 atom stereocenters. The summed E-state index contributed by atoms with van der Waals surface area (Å²) < 4.78 is 8.01. The lowest BCUT2D eigenvalue weighted by atomic mass is 9.84. The minimum atomic E-state index is -1.82. The molecule has 2 heterocycles. The van der Waals surface area contributed by atoms with Gasteiger partial charge in [-0.1, -0.05) is 18.2 Å². The Morgan fingerprint density at radius 1 is 1.10 bits per heavy atom. The van der Waals surface area contributed by atoms with Crippen molar-refractivity contribution in [3.8, 4) is 5.69 Å². The van der Waals surface area contributed by atoms with Crippen LogP contribution in [0.4, 0.5) is 0 Å². The summed E-state index contributed by atoms with van der Waals surface area (Å²) in [6.45, 7) is 7.66. The Morgan fingerprint density at radius 2 is 1.74 bits per heavy atom. The highest BCUT2D eigenvalue weighted by atomic mass is 16.5. The zero-order valence-corrected chi connectivity index (χ0v) is 18.1. The van der Waals surface area contributed by atoms with Crippen LogP contribution in [0.2, 0.25) is 0 Å². The van der Waals surface area contributed by atoms with Crippen LogP contribution in [-0.2, 0) is 20.7 Å². The fraction of sp³-hybridized carbons (Fsp3) is 0.522. The number of aliphatic carboxylic acids is 2. The molecule has 31 heavy (non-hydrogen) atoms. The van der Waals surface area contributed by atoms with E-state index in [-0.39, 0.29) is 0 Å². The average molecular weight is 430 g/mol. The van der Waals surface area contributed by atoms with Crippen LogP contribution in [0.3, 0.4) is 0 Å². The number of hydrogen-bond donors (Lipinski definition) is 2. The summed E-state index contributed by atoms with van der Waals surface area (Å²) in [4.78, 5) is 20.8. The molecule has 4 rings (SSSR count). The van der Waals surface area contributed by atoms with Crippen LogP contribution < -0.4 is 0 Å².